The number of rotatable bonds is 4. The van der Waals surface area contributed by atoms with Gasteiger partial charge in [0.15, 0.2) is 0 Å². The van der Waals surface area contributed by atoms with Crippen LogP contribution in [-0.2, 0) is 6.18 Å². The summed E-state index contributed by atoms with van der Waals surface area (Å²) in [6.45, 7) is 1.59. The summed E-state index contributed by atoms with van der Waals surface area (Å²) in [5.74, 6) is -0.601. The van der Waals surface area contributed by atoms with Gasteiger partial charge in [-0.3, -0.25) is 14.9 Å². The number of carbonyl (C=O) groups is 1. The minimum absolute atomic E-state index is 0.0275. The van der Waals surface area contributed by atoms with E-state index in [1.807, 2.05) is 0 Å². The quantitative estimate of drug-likeness (QED) is 0.497. The molecule has 0 saturated carbocycles. The molecule has 25 heavy (non-hydrogen) atoms. The van der Waals surface area contributed by atoms with E-state index < -0.39 is 34.3 Å². The molecule has 0 bridgehead atoms. The summed E-state index contributed by atoms with van der Waals surface area (Å²) in [5.41, 5.74) is 4.70. The molecule has 6 nitrogen and oxygen atoms in total. The molecule has 2 aromatic rings. The summed E-state index contributed by atoms with van der Waals surface area (Å²) in [5, 5.41) is 13.4. The second kappa shape index (κ2) is 6.80. The van der Waals surface area contributed by atoms with Crippen molar-refractivity contribution in [2.75, 3.05) is 5.73 Å². The molecule has 0 aromatic heterocycles. The van der Waals surface area contributed by atoms with E-state index in [0.29, 0.717) is 5.56 Å². The van der Waals surface area contributed by atoms with E-state index in [1.165, 1.54) is 24.3 Å². The number of nitrogens with zero attached hydrogens (tertiary/aromatic N) is 1. The number of nitro benzene ring substituents is 1. The van der Waals surface area contributed by atoms with Crippen LogP contribution in [-0.4, -0.2) is 10.8 Å². The molecule has 0 aliphatic carbocycles. The second-order valence-corrected chi connectivity index (χ2v) is 5.35. The third-order valence-corrected chi connectivity index (χ3v) is 3.57. The van der Waals surface area contributed by atoms with Crippen molar-refractivity contribution in [3.8, 4) is 0 Å². The summed E-state index contributed by atoms with van der Waals surface area (Å²) in [6.07, 6.45) is -4.44. The fourth-order valence-corrected chi connectivity index (χ4v) is 2.17. The monoisotopic (exact) mass is 353 g/mol. The Morgan fingerprint density at radius 3 is 2.32 bits per heavy atom. The molecule has 9 heteroatoms. The van der Waals surface area contributed by atoms with Crippen molar-refractivity contribution in [3.63, 3.8) is 0 Å². The molecule has 0 radical (unpaired) electrons. The van der Waals surface area contributed by atoms with E-state index in [1.54, 1.807) is 6.92 Å². The molecule has 132 valence electrons. The van der Waals surface area contributed by atoms with Crippen LogP contribution in [0.25, 0.3) is 0 Å². The summed E-state index contributed by atoms with van der Waals surface area (Å²) in [6, 6.07) is 7.40. The zero-order valence-corrected chi connectivity index (χ0v) is 13.0. The van der Waals surface area contributed by atoms with Crippen LogP contribution in [0.2, 0.25) is 0 Å². The topological polar surface area (TPSA) is 98.3 Å². The number of nitrogen functional groups attached to an aromatic ring is 1. The lowest BCUT2D eigenvalue weighted by atomic mass is 10.0. The van der Waals surface area contributed by atoms with Gasteiger partial charge in [-0.2, -0.15) is 13.2 Å². The zero-order valence-electron chi connectivity index (χ0n) is 13.0. The zero-order chi connectivity index (χ0) is 18.8. The molecule has 3 N–H and O–H groups in total. The van der Waals surface area contributed by atoms with Gasteiger partial charge in [-0.25, -0.2) is 0 Å². The van der Waals surface area contributed by atoms with Gasteiger partial charge in [0.05, 0.1) is 16.5 Å². The maximum absolute atomic E-state index is 12.6. The second-order valence-electron chi connectivity index (χ2n) is 5.35. The molecule has 0 spiro atoms. The van der Waals surface area contributed by atoms with Gasteiger partial charge in [-0.15, -0.1) is 0 Å². The van der Waals surface area contributed by atoms with Gasteiger partial charge >= 0.3 is 6.18 Å². The molecular weight excluding hydrogens is 339 g/mol. The van der Waals surface area contributed by atoms with Gasteiger partial charge < -0.3 is 11.1 Å². The number of hydrogen-bond donors (Lipinski definition) is 2. The third-order valence-electron chi connectivity index (χ3n) is 3.57. The summed E-state index contributed by atoms with van der Waals surface area (Å²) in [4.78, 5) is 22.3. The average molecular weight is 353 g/mol. The Morgan fingerprint density at radius 1 is 1.20 bits per heavy atom. The molecule has 0 saturated heterocycles. The van der Waals surface area contributed by atoms with Crippen LogP contribution in [0.15, 0.2) is 42.5 Å². The lowest BCUT2D eigenvalue weighted by Gasteiger charge is -2.15. The predicted molar refractivity (Wildman–Crippen MR) is 84.8 cm³/mol. The summed E-state index contributed by atoms with van der Waals surface area (Å²) in [7, 11) is 0. The van der Waals surface area contributed by atoms with Gasteiger partial charge in [-0.05, 0) is 36.8 Å². The Balaban J connectivity index is 2.15. The molecule has 2 aromatic carbocycles. The van der Waals surface area contributed by atoms with Crippen molar-refractivity contribution in [1.29, 1.82) is 0 Å². The minimum atomic E-state index is -4.44. The van der Waals surface area contributed by atoms with Crippen molar-refractivity contribution in [1.82, 2.24) is 5.32 Å². The molecule has 0 fully saturated rings. The number of alkyl halides is 3. The number of nitro groups is 1. The van der Waals surface area contributed by atoms with Gasteiger partial charge in [0.2, 0.25) is 0 Å². The normalized spacial score (nSPS) is 12.5. The highest BCUT2D eigenvalue weighted by Gasteiger charge is 2.30. The first-order chi connectivity index (χ1) is 11.6. The Hall–Kier alpha value is -3.10. The highest BCUT2D eigenvalue weighted by Crippen LogP contribution is 2.30. The standard InChI is InChI=1S/C16H14F3N3O3/c1-9(10-2-5-12(6-3-10)16(17,18)19)21-15(23)11-4-7-13(20)14(8-11)22(24)25/h2-9H,20H2,1H3,(H,21,23). The van der Waals surface area contributed by atoms with Crippen LogP contribution in [0.4, 0.5) is 24.5 Å². The Bertz CT molecular complexity index is 805. The third kappa shape index (κ3) is 4.25. The van der Waals surface area contributed by atoms with Crippen LogP contribution in [0.3, 0.4) is 0 Å². The number of hydrogen-bond acceptors (Lipinski definition) is 4. The van der Waals surface area contributed by atoms with Crippen LogP contribution in [0.5, 0.6) is 0 Å². The van der Waals surface area contributed by atoms with Crippen molar-refractivity contribution in [3.05, 3.63) is 69.3 Å². The number of benzene rings is 2. The lowest BCUT2D eigenvalue weighted by molar-refractivity contribution is -0.383. The summed E-state index contributed by atoms with van der Waals surface area (Å²) >= 11 is 0. The first kappa shape index (κ1) is 18.2. The predicted octanol–water partition coefficient (Wildman–Crippen LogP) is 3.69. The number of anilines is 1. The molecule has 1 unspecified atom stereocenters. The fourth-order valence-electron chi connectivity index (χ4n) is 2.17. The number of nitrogens with one attached hydrogen (secondary N) is 1. The van der Waals surface area contributed by atoms with Gasteiger partial charge in [0.25, 0.3) is 11.6 Å². The average Bonchev–Trinajstić information content (AvgIpc) is 2.54. The SMILES string of the molecule is CC(NC(=O)c1ccc(N)c([N+](=O)[O-])c1)c1ccc(C(F)(F)F)cc1. The Labute approximate surface area is 140 Å². The van der Waals surface area contributed by atoms with Gasteiger partial charge in [0, 0.05) is 11.6 Å². The minimum Gasteiger partial charge on any atom is -0.393 e. The smallest absolute Gasteiger partial charge is 0.393 e. The van der Waals surface area contributed by atoms with E-state index in [9.17, 15) is 28.1 Å². The van der Waals surface area contributed by atoms with E-state index in [0.717, 1.165) is 18.2 Å². The van der Waals surface area contributed by atoms with Crippen molar-refractivity contribution in [2.45, 2.75) is 19.1 Å². The van der Waals surface area contributed by atoms with Crippen LogP contribution in [0, 0.1) is 10.1 Å². The van der Waals surface area contributed by atoms with E-state index in [2.05, 4.69) is 5.32 Å². The molecule has 0 aliphatic rings. The maximum Gasteiger partial charge on any atom is 0.416 e. The molecule has 1 atom stereocenters. The molecular formula is C16H14F3N3O3. The first-order valence-electron chi connectivity index (χ1n) is 7.11. The van der Waals surface area contributed by atoms with Gasteiger partial charge in [0.1, 0.15) is 5.69 Å². The van der Waals surface area contributed by atoms with E-state index >= 15 is 0 Å². The summed E-state index contributed by atoms with van der Waals surface area (Å²) < 4.78 is 37.7. The van der Waals surface area contributed by atoms with Crippen LogP contribution >= 0.6 is 0 Å². The Morgan fingerprint density at radius 2 is 1.80 bits per heavy atom. The number of halogens is 3. The number of amides is 1. The molecule has 1 amide bonds. The number of carbonyl (C=O) groups excluding carboxylic acids is 1. The van der Waals surface area contributed by atoms with Crippen molar-refractivity contribution < 1.29 is 22.9 Å². The van der Waals surface area contributed by atoms with E-state index in [-0.39, 0.29) is 11.3 Å². The maximum atomic E-state index is 12.6. The molecule has 0 heterocycles. The lowest BCUT2D eigenvalue weighted by Crippen LogP contribution is -2.26. The molecule has 2 rings (SSSR count). The van der Waals surface area contributed by atoms with Gasteiger partial charge in [-0.1, -0.05) is 12.1 Å². The van der Waals surface area contributed by atoms with E-state index in [4.69, 9.17) is 5.73 Å². The van der Waals surface area contributed by atoms with Crippen LogP contribution in [0.1, 0.15) is 34.5 Å². The first-order valence-corrected chi connectivity index (χ1v) is 7.11. The number of nitrogens with two attached hydrogens (primary N) is 1. The fraction of sp³-hybridized carbons (Fsp3) is 0.188. The highest BCUT2D eigenvalue weighted by atomic mass is 19.4. The largest absolute Gasteiger partial charge is 0.416 e. The Kier molecular flexibility index (Phi) is 4.96. The highest BCUT2D eigenvalue weighted by molar-refractivity contribution is 5.95. The van der Waals surface area contributed by atoms with Crippen LogP contribution < -0.4 is 11.1 Å². The van der Waals surface area contributed by atoms with Crippen molar-refractivity contribution >= 4 is 17.3 Å². The van der Waals surface area contributed by atoms with Crippen molar-refractivity contribution in [2.24, 2.45) is 0 Å². The molecule has 0 aliphatic heterocycles.